The molecule has 33 heavy (non-hydrogen) atoms. The Morgan fingerprint density at radius 2 is 1.70 bits per heavy atom. The molecule has 5 rings (SSSR count). The molecule has 0 radical (unpaired) electrons. The summed E-state index contributed by atoms with van der Waals surface area (Å²) in [5, 5.41) is 0. The predicted octanol–water partition coefficient (Wildman–Crippen LogP) is 4.78. The second-order valence-corrected chi connectivity index (χ2v) is 9.12. The molecule has 1 fully saturated rings. The molecule has 170 valence electrons. The van der Waals surface area contributed by atoms with Crippen molar-refractivity contribution < 1.29 is 9.18 Å². The second kappa shape index (κ2) is 9.40. The molecule has 0 spiro atoms. The molecule has 0 saturated carbocycles. The number of likely N-dealkylation sites (tertiary alicyclic amines) is 1. The van der Waals surface area contributed by atoms with E-state index in [2.05, 4.69) is 29.2 Å². The van der Waals surface area contributed by atoms with Crippen LogP contribution in [0.3, 0.4) is 0 Å². The lowest BCUT2D eigenvalue weighted by Crippen LogP contribution is -2.37. The normalized spacial score (nSPS) is 17.3. The molecule has 0 bridgehead atoms. The summed E-state index contributed by atoms with van der Waals surface area (Å²) >= 11 is 0. The molecule has 3 heterocycles. The molecular formula is C27H29FN4O. The number of hydrogen-bond acceptors (Lipinski definition) is 4. The van der Waals surface area contributed by atoms with Gasteiger partial charge in [0.15, 0.2) is 0 Å². The van der Waals surface area contributed by atoms with Gasteiger partial charge in [-0.05, 0) is 62.5 Å². The molecule has 2 aliphatic heterocycles. The summed E-state index contributed by atoms with van der Waals surface area (Å²) in [5.41, 5.74) is 4.10. The van der Waals surface area contributed by atoms with Gasteiger partial charge in [0.25, 0.3) is 0 Å². The van der Waals surface area contributed by atoms with E-state index in [1.807, 2.05) is 19.1 Å². The minimum absolute atomic E-state index is 0.0356. The van der Waals surface area contributed by atoms with Crippen molar-refractivity contribution in [3.8, 4) is 0 Å². The van der Waals surface area contributed by atoms with Gasteiger partial charge in [-0.1, -0.05) is 42.5 Å². The van der Waals surface area contributed by atoms with E-state index in [0.29, 0.717) is 25.2 Å². The lowest BCUT2D eigenvalue weighted by Gasteiger charge is -2.33. The Morgan fingerprint density at radius 3 is 2.45 bits per heavy atom. The van der Waals surface area contributed by atoms with Crippen LogP contribution in [0.1, 0.15) is 53.4 Å². The molecule has 1 amide bonds. The minimum Gasteiger partial charge on any atom is -0.299 e. The third kappa shape index (κ3) is 4.81. The summed E-state index contributed by atoms with van der Waals surface area (Å²) in [6.07, 6.45) is 3.10. The number of anilines is 1. The third-order valence-electron chi connectivity index (χ3n) is 6.79. The molecule has 6 heteroatoms. The topological polar surface area (TPSA) is 49.3 Å². The third-order valence-corrected chi connectivity index (χ3v) is 6.79. The van der Waals surface area contributed by atoms with Crippen molar-refractivity contribution in [2.45, 2.75) is 51.6 Å². The summed E-state index contributed by atoms with van der Waals surface area (Å²) in [4.78, 5) is 26.8. The van der Waals surface area contributed by atoms with Crippen LogP contribution in [0.5, 0.6) is 0 Å². The second-order valence-electron chi connectivity index (χ2n) is 9.12. The number of piperidine rings is 1. The smallest absolute Gasteiger partial charge is 0.228 e. The van der Waals surface area contributed by atoms with E-state index in [4.69, 9.17) is 9.97 Å². The van der Waals surface area contributed by atoms with Crippen molar-refractivity contribution >= 4 is 11.7 Å². The van der Waals surface area contributed by atoms with Crippen molar-refractivity contribution in [2.24, 2.45) is 0 Å². The molecule has 0 atom stereocenters. The Morgan fingerprint density at radius 1 is 0.939 bits per heavy atom. The average Bonchev–Trinajstić information content (AvgIpc) is 2.82. The highest BCUT2D eigenvalue weighted by Crippen LogP contribution is 2.33. The van der Waals surface area contributed by atoms with Gasteiger partial charge in [-0.25, -0.2) is 14.4 Å². The molecule has 3 aromatic rings. The van der Waals surface area contributed by atoms with Gasteiger partial charge < -0.3 is 0 Å². The van der Waals surface area contributed by atoms with E-state index in [-0.39, 0.29) is 17.6 Å². The summed E-state index contributed by atoms with van der Waals surface area (Å²) < 4.78 is 13.7. The molecule has 0 unspecified atom stereocenters. The molecule has 1 saturated heterocycles. The molecular weight excluding hydrogens is 415 g/mol. The number of carbonyl (C=O) groups excluding carboxylic acids is 1. The number of aryl methyl sites for hydroxylation is 1. The van der Waals surface area contributed by atoms with Gasteiger partial charge in [0.1, 0.15) is 17.5 Å². The SMILES string of the molecule is Cc1nc(C2CCN(Cc3ccccc3)CC2)nc2c1CCC(=O)N2Cc1cccc(F)c1. The maximum absolute atomic E-state index is 13.7. The van der Waals surface area contributed by atoms with Gasteiger partial charge >= 0.3 is 0 Å². The van der Waals surface area contributed by atoms with E-state index >= 15 is 0 Å². The van der Waals surface area contributed by atoms with Gasteiger partial charge in [0.2, 0.25) is 5.91 Å². The van der Waals surface area contributed by atoms with Crippen LogP contribution in [0.15, 0.2) is 54.6 Å². The fourth-order valence-electron chi connectivity index (χ4n) is 4.96. The Bertz CT molecular complexity index is 1140. The highest BCUT2D eigenvalue weighted by Gasteiger charge is 2.30. The van der Waals surface area contributed by atoms with Gasteiger partial charge in [0.05, 0.1) is 6.54 Å². The molecule has 2 aliphatic rings. The number of benzene rings is 2. The molecule has 0 N–H and O–H groups in total. The lowest BCUT2D eigenvalue weighted by molar-refractivity contribution is -0.119. The molecule has 1 aromatic heterocycles. The first-order valence-electron chi connectivity index (χ1n) is 11.8. The first kappa shape index (κ1) is 21.7. The predicted molar refractivity (Wildman–Crippen MR) is 126 cm³/mol. The summed E-state index contributed by atoms with van der Waals surface area (Å²) in [5.74, 6) is 1.58. The number of hydrogen-bond donors (Lipinski definition) is 0. The molecule has 2 aromatic carbocycles. The number of aromatic nitrogens is 2. The van der Waals surface area contributed by atoms with Crippen LogP contribution in [0, 0.1) is 12.7 Å². The zero-order valence-electron chi connectivity index (χ0n) is 19.0. The Hall–Kier alpha value is -3.12. The van der Waals surface area contributed by atoms with Crippen molar-refractivity contribution in [2.75, 3.05) is 18.0 Å². The number of amides is 1. The number of rotatable bonds is 5. The van der Waals surface area contributed by atoms with Gasteiger partial charge in [-0.2, -0.15) is 0 Å². The van der Waals surface area contributed by atoms with Gasteiger partial charge in [0, 0.05) is 30.1 Å². The van der Waals surface area contributed by atoms with E-state index < -0.39 is 0 Å². The largest absolute Gasteiger partial charge is 0.299 e. The first-order chi connectivity index (χ1) is 16.1. The highest BCUT2D eigenvalue weighted by atomic mass is 19.1. The van der Waals surface area contributed by atoms with E-state index in [0.717, 1.165) is 55.1 Å². The summed E-state index contributed by atoms with van der Waals surface area (Å²) in [6.45, 7) is 5.32. The first-order valence-corrected chi connectivity index (χ1v) is 11.8. The number of fused-ring (bicyclic) bond motifs is 1. The van der Waals surface area contributed by atoms with Crippen molar-refractivity contribution in [3.63, 3.8) is 0 Å². The van der Waals surface area contributed by atoms with Crippen LogP contribution in [-0.2, 0) is 24.3 Å². The Kier molecular flexibility index (Phi) is 6.18. The molecule has 0 aliphatic carbocycles. The summed E-state index contributed by atoms with van der Waals surface area (Å²) in [7, 11) is 0. The minimum atomic E-state index is -0.293. The fraction of sp³-hybridized carbons (Fsp3) is 0.370. The number of carbonyl (C=O) groups is 1. The zero-order chi connectivity index (χ0) is 22.8. The van der Waals surface area contributed by atoms with E-state index in [9.17, 15) is 9.18 Å². The van der Waals surface area contributed by atoms with E-state index in [1.54, 1.807) is 11.0 Å². The monoisotopic (exact) mass is 444 g/mol. The maximum atomic E-state index is 13.7. The zero-order valence-corrected chi connectivity index (χ0v) is 19.0. The Balaban J connectivity index is 1.34. The van der Waals surface area contributed by atoms with Crippen molar-refractivity contribution in [1.82, 2.24) is 14.9 Å². The van der Waals surface area contributed by atoms with Crippen LogP contribution < -0.4 is 4.90 Å². The highest BCUT2D eigenvalue weighted by molar-refractivity contribution is 5.95. The fourth-order valence-corrected chi connectivity index (χ4v) is 4.96. The van der Waals surface area contributed by atoms with Gasteiger partial charge in [-0.15, -0.1) is 0 Å². The number of nitrogens with zero attached hydrogens (tertiary/aromatic N) is 4. The van der Waals surface area contributed by atoms with Crippen LogP contribution in [0.2, 0.25) is 0 Å². The Labute approximate surface area is 194 Å². The standard InChI is InChI=1S/C27H29FN4O/c1-19-24-10-11-25(33)32(18-21-8-5-9-23(28)16-21)27(24)30-26(29-19)22-12-14-31(15-13-22)17-20-6-3-2-4-7-20/h2-9,16,22H,10-15,17-18H2,1H3. The van der Waals surface area contributed by atoms with Crippen molar-refractivity contribution in [3.05, 3.63) is 88.6 Å². The van der Waals surface area contributed by atoms with Crippen molar-refractivity contribution in [1.29, 1.82) is 0 Å². The quantitative estimate of drug-likeness (QED) is 0.568. The van der Waals surface area contributed by atoms with Crippen LogP contribution in [0.4, 0.5) is 10.2 Å². The van der Waals surface area contributed by atoms with E-state index in [1.165, 1.54) is 17.7 Å². The number of halogens is 1. The molecule has 5 nitrogen and oxygen atoms in total. The summed E-state index contributed by atoms with van der Waals surface area (Å²) in [6, 6.07) is 17.0. The van der Waals surface area contributed by atoms with Gasteiger partial charge in [-0.3, -0.25) is 14.6 Å². The van der Waals surface area contributed by atoms with Crippen LogP contribution in [-0.4, -0.2) is 33.9 Å². The lowest BCUT2D eigenvalue weighted by atomic mass is 9.94. The van der Waals surface area contributed by atoms with Crippen LogP contribution in [0.25, 0.3) is 0 Å². The maximum Gasteiger partial charge on any atom is 0.228 e. The van der Waals surface area contributed by atoms with Crippen LogP contribution >= 0.6 is 0 Å². The average molecular weight is 445 g/mol.